The lowest BCUT2D eigenvalue weighted by Crippen LogP contribution is -1.99. The smallest absolute Gasteiger partial charge is 0.0486 e. The summed E-state index contributed by atoms with van der Waals surface area (Å²) in [6.45, 7) is 0. The first-order chi connectivity index (χ1) is 10.4. The monoisotopic (exact) mass is 308 g/mol. The summed E-state index contributed by atoms with van der Waals surface area (Å²) < 4.78 is 1.49. The highest BCUT2D eigenvalue weighted by molar-refractivity contribution is 8.23. The largest absolute Gasteiger partial charge is 0.119 e. The molecule has 1 aliphatic carbocycles. The van der Waals surface area contributed by atoms with Gasteiger partial charge in [-0.25, -0.2) is 0 Å². The van der Waals surface area contributed by atoms with Crippen molar-refractivity contribution in [3.63, 3.8) is 0 Å². The maximum atomic E-state index is 2.26. The number of hydrogen-bond acceptors (Lipinski definition) is 2. The molecule has 21 heavy (non-hydrogen) atoms. The van der Waals surface area contributed by atoms with Gasteiger partial charge in [-0.3, -0.25) is 0 Å². The third-order valence-corrected chi connectivity index (χ3v) is 6.49. The molecule has 0 spiro atoms. The Balaban J connectivity index is 2.02. The van der Waals surface area contributed by atoms with E-state index in [-0.39, 0.29) is 0 Å². The van der Waals surface area contributed by atoms with Crippen LogP contribution in [0.15, 0.2) is 52.8 Å². The van der Waals surface area contributed by atoms with Crippen molar-refractivity contribution in [2.24, 2.45) is 0 Å². The molecule has 4 rings (SSSR count). The molecule has 0 aromatic heterocycles. The van der Waals surface area contributed by atoms with E-state index in [1.807, 2.05) is 23.5 Å². The average Bonchev–Trinajstić information content (AvgIpc) is 2.72. The van der Waals surface area contributed by atoms with E-state index in [0.29, 0.717) is 0 Å². The maximum Gasteiger partial charge on any atom is 0.0486 e. The predicted molar refractivity (Wildman–Crippen MR) is 97.4 cm³/mol. The quantitative estimate of drug-likeness (QED) is 0.518. The molecule has 1 saturated heterocycles. The van der Waals surface area contributed by atoms with Crippen molar-refractivity contribution >= 4 is 41.2 Å². The first-order valence-corrected chi connectivity index (χ1v) is 9.27. The van der Waals surface area contributed by atoms with Crippen LogP contribution in [0.1, 0.15) is 28.7 Å². The molecule has 2 aliphatic rings. The molecular weight excluding hydrogens is 292 g/mol. The zero-order valence-corrected chi connectivity index (χ0v) is 13.3. The molecule has 2 aromatic carbocycles. The number of rotatable bonds is 0. The lowest BCUT2D eigenvalue weighted by atomic mass is 9.95. The van der Waals surface area contributed by atoms with Crippen molar-refractivity contribution < 1.29 is 0 Å². The molecule has 0 saturated carbocycles. The van der Waals surface area contributed by atoms with Gasteiger partial charge in [0, 0.05) is 9.81 Å². The molecule has 0 unspecified atom stereocenters. The molecule has 1 aliphatic heterocycles. The number of benzene rings is 2. The van der Waals surface area contributed by atoms with E-state index in [1.165, 1.54) is 50.0 Å². The van der Waals surface area contributed by atoms with E-state index >= 15 is 0 Å². The second kappa shape index (κ2) is 5.78. The standard InChI is InChI=1S/C19H16S2/c1-3-8-16-14(6-1)10-11-15-7-2-4-9-17(15)18(16)19-20-12-5-13-21-19/h1-4,6-11H,5,12-13H2. The lowest BCUT2D eigenvalue weighted by molar-refractivity contribution is 1.12. The summed E-state index contributed by atoms with van der Waals surface area (Å²) in [7, 11) is 0. The van der Waals surface area contributed by atoms with E-state index < -0.39 is 0 Å². The molecule has 0 N–H and O–H groups in total. The molecule has 104 valence electrons. The summed E-state index contributed by atoms with van der Waals surface area (Å²) in [4.78, 5) is 0. The van der Waals surface area contributed by atoms with E-state index in [0.717, 1.165) is 0 Å². The maximum absolute atomic E-state index is 2.26. The summed E-state index contributed by atoms with van der Waals surface area (Å²) in [5.74, 6) is 2.48. The molecule has 1 fully saturated rings. The van der Waals surface area contributed by atoms with E-state index in [1.54, 1.807) is 0 Å². The second-order valence-corrected chi connectivity index (χ2v) is 7.69. The molecule has 0 atom stereocenters. The van der Waals surface area contributed by atoms with Crippen LogP contribution in [0.3, 0.4) is 0 Å². The first kappa shape index (κ1) is 13.3. The molecule has 2 aromatic rings. The third kappa shape index (κ3) is 2.47. The topological polar surface area (TPSA) is 0 Å². The summed E-state index contributed by atoms with van der Waals surface area (Å²) in [6, 6.07) is 17.5. The fourth-order valence-corrected chi connectivity index (χ4v) is 5.55. The normalized spacial score (nSPS) is 17.1. The van der Waals surface area contributed by atoms with Crippen LogP contribution in [-0.4, -0.2) is 11.5 Å². The minimum Gasteiger partial charge on any atom is -0.119 e. The zero-order chi connectivity index (χ0) is 14.1. The Bertz CT molecular complexity index is 681. The SMILES string of the molecule is C1=Cc2ccccc2C(=C2SCCCS2)c2ccccc21. The van der Waals surface area contributed by atoms with Gasteiger partial charge >= 0.3 is 0 Å². The van der Waals surface area contributed by atoms with Crippen LogP contribution < -0.4 is 0 Å². The second-order valence-electron chi connectivity index (χ2n) is 5.22. The minimum atomic E-state index is 1.24. The van der Waals surface area contributed by atoms with Gasteiger partial charge < -0.3 is 0 Å². The predicted octanol–water partition coefficient (Wildman–Crippen LogP) is 5.76. The van der Waals surface area contributed by atoms with Crippen LogP contribution in [0, 0.1) is 0 Å². The summed E-state index contributed by atoms with van der Waals surface area (Å²) >= 11 is 4.04. The average molecular weight is 308 g/mol. The summed E-state index contributed by atoms with van der Waals surface area (Å²) in [6.07, 6.45) is 5.81. The number of hydrogen-bond donors (Lipinski definition) is 0. The van der Waals surface area contributed by atoms with Gasteiger partial charge in [0.15, 0.2) is 0 Å². The number of thioether (sulfide) groups is 2. The van der Waals surface area contributed by atoms with Gasteiger partial charge in [-0.1, -0.05) is 60.7 Å². The van der Waals surface area contributed by atoms with E-state index in [2.05, 4.69) is 60.7 Å². The highest BCUT2D eigenvalue weighted by Gasteiger charge is 2.20. The van der Waals surface area contributed by atoms with E-state index in [4.69, 9.17) is 0 Å². The lowest BCUT2D eigenvalue weighted by Gasteiger charge is -2.20. The van der Waals surface area contributed by atoms with Crippen LogP contribution in [0.5, 0.6) is 0 Å². The van der Waals surface area contributed by atoms with Crippen molar-refractivity contribution in [1.29, 1.82) is 0 Å². The zero-order valence-electron chi connectivity index (χ0n) is 11.7. The highest BCUT2D eigenvalue weighted by atomic mass is 32.2. The van der Waals surface area contributed by atoms with Gasteiger partial charge in [0.05, 0.1) is 0 Å². The van der Waals surface area contributed by atoms with Gasteiger partial charge in [-0.2, -0.15) is 0 Å². The molecular formula is C19H16S2. The molecule has 0 amide bonds. The van der Waals surface area contributed by atoms with Gasteiger partial charge in [0.25, 0.3) is 0 Å². The molecule has 0 nitrogen and oxygen atoms in total. The van der Waals surface area contributed by atoms with Crippen molar-refractivity contribution in [1.82, 2.24) is 0 Å². The minimum absolute atomic E-state index is 1.24. The number of fused-ring (bicyclic) bond motifs is 2. The Morgan fingerprint density at radius 2 is 1.19 bits per heavy atom. The Hall–Kier alpha value is -1.38. The van der Waals surface area contributed by atoms with Crippen LogP contribution >= 0.6 is 23.5 Å². The Morgan fingerprint density at radius 1 is 0.667 bits per heavy atom. The van der Waals surface area contributed by atoms with Gasteiger partial charge in [-0.15, -0.1) is 23.5 Å². The van der Waals surface area contributed by atoms with Crippen molar-refractivity contribution in [3.8, 4) is 0 Å². The van der Waals surface area contributed by atoms with E-state index in [9.17, 15) is 0 Å². The molecule has 0 bridgehead atoms. The Kier molecular flexibility index (Phi) is 3.66. The van der Waals surface area contributed by atoms with Crippen LogP contribution in [0.2, 0.25) is 0 Å². The fourth-order valence-electron chi connectivity index (χ4n) is 2.86. The van der Waals surface area contributed by atoms with Gasteiger partial charge in [-0.05, 0) is 40.2 Å². The van der Waals surface area contributed by atoms with Crippen molar-refractivity contribution in [2.45, 2.75) is 6.42 Å². The first-order valence-electron chi connectivity index (χ1n) is 7.30. The van der Waals surface area contributed by atoms with Crippen LogP contribution in [0.4, 0.5) is 0 Å². The molecule has 0 radical (unpaired) electrons. The van der Waals surface area contributed by atoms with Crippen molar-refractivity contribution in [2.75, 3.05) is 11.5 Å². The Labute approximate surface area is 134 Å². The van der Waals surface area contributed by atoms with Crippen LogP contribution in [0.25, 0.3) is 17.7 Å². The van der Waals surface area contributed by atoms with Gasteiger partial charge in [0.2, 0.25) is 0 Å². The highest BCUT2D eigenvalue weighted by Crippen LogP contribution is 2.45. The fraction of sp³-hybridized carbons (Fsp3) is 0.158. The van der Waals surface area contributed by atoms with Gasteiger partial charge in [0.1, 0.15) is 0 Å². The van der Waals surface area contributed by atoms with Crippen molar-refractivity contribution in [3.05, 3.63) is 75.0 Å². The Morgan fingerprint density at radius 3 is 1.76 bits per heavy atom. The molecule has 2 heteroatoms. The summed E-state index contributed by atoms with van der Waals surface area (Å²) in [5, 5.41) is 0. The summed E-state index contributed by atoms with van der Waals surface area (Å²) in [5.41, 5.74) is 6.82. The third-order valence-electron chi connectivity index (χ3n) is 3.86. The molecule has 1 heterocycles. The van der Waals surface area contributed by atoms with Crippen LogP contribution in [-0.2, 0) is 0 Å².